The van der Waals surface area contributed by atoms with E-state index in [0.29, 0.717) is 0 Å². The molecule has 2 aromatic carbocycles. The first-order valence-corrected chi connectivity index (χ1v) is 6.32. The summed E-state index contributed by atoms with van der Waals surface area (Å²) >= 11 is 0. The van der Waals surface area contributed by atoms with E-state index in [4.69, 9.17) is 5.84 Å². The van der Waals surface area contributed by atoms with Gasteiger partial charge in [-0.2, -0.15) is 0 Å². The lowest BCUT2D eigenvalue weighted by Crippen LogP contribution is -2.25. The van der Waals surface area contributed by atoms with Gasteiger partial charge in [-0.05, 0) is 47.4 Å². The van der Waals surface area contributed by atoms with Crippen molar-refractivity contribution in [2.75, 3.05) is 5.01 Å². The molecule has 0 unspecified atom stereocenters. The molecule has 0 spiro atoms. The van der Waals surface area contributed by atoms with Gasteiger partial charge in [-0.3, -0.25) is 5.01 Å². The van der Waals surface area contributed by atoms with Crippen molar-refractivity contribution in [1.29, 1.82) is 0 Å². The maximum atomic E-state index is 9.30. The van der Waals surface area contributed by atoms with Gasteiger partial charge < -0.3 is 5.11 Å². The molecule has 0 saturated heterocycles. The summed E-state index contributed by atoms with van der Waals surface area (Å²) in [6, 6.07) is 15.0. The summed E-state index contributed by atoms with van der Waals surface area (Å²) in [6.45, 7) is 6.52. The van der Waals surface area contributed by atoms with E-state index in [2.05, 4.69) is 32.9 Å². The molecule has 0 aliphatic heterocycles. The van der Waals surface area contributed by atoms with E-state index in [0.717, 1.165) is 11.4 Å². The van der Waals surface area contributed by atoms with Crippen LogP contribution in [0.15, 0.2) is 48.5 Å². The number of nitrogens with zero attached hydrogens (tertiary/aromatic N) is 1. The van der Waals surface area contributed by atoms with Crippen molar-refractivity contribution in [3.05, 3.63) is 54.1 Å². The van der Waals surface area contributed by atoms with Crippen molar-refractivity contribution in [2.45, 2.75) is 26.2 Å². The standard InChI is InChI=1S/C16H20N2O/c1-16(2,3)12-5-4-6-14(11-12)18(17)13-7-9-15(19)10-8-13/h4-11,19H,17H2,1-3H3. The highest BCUT2D eigenvalue weighted by atomic mass is 16.3. The van der Waals surface area contributed by atoms with Gasteiger partial charge in [0.2, 0.25) is 0 Å². The Hall–Kier alpha value is -2.00. The van der Waals surface area contributed by atoms with E-state index in [1.165, 1.54) is 5.56 Å². The van der Waals surface area contributed by atoms with Crippen molar-refractivity contribution in [2.24, 2.45) is 5.84 Å². The van der Waals surface area contributed by atoms with Gasteiger partial charge in [-0.1, -0.05) is 32.9 Å². The molecule has 3 N–H and O–H groups in total. The van der Waals surface area contributed by atoms with Gasteiger partial charge in [0.05, 0.1) is 11.4 Å². The van der Waals surface area contributed by atoms with Crippen LogP contribution in [0.5, 0.6) is 5.75 Å². The number of hydrogen-bond acceptors (Lipinski definition) is 3. The molecule has 3 nitrogen and oxygen atoms in total. The zero-order chi connectivity index (χ0) is 14.0. The molecular formula is C16H20N2O. The molecule has 3 heteroatoms. The molecule has 0 aliphatic carbocycles. The predicted molar refractivity (Wildman–Crippen MR) is 79.6 cm³/mol. The Bertz CT molecular complexity index is 556. The number of nitrogens with two attached hydrogens (primary N) is 1. The summed E-state index contributed by atoms with van der Waals surface area (Å²) < 4.78 is 0. The molecule has 0 aliphatic rings. The fraction of sp³-hybridized carbons (Fsp3) is 0.250. The molecule has 0 amide bonds. The molecule has 100 valence electrons. The minimum Gasteiger partial charge on any atom is -0.508 e. The lowest BCUT2D eigenvalue weighted by molar-refractivity contribution is 0.475. The van der Waals surface area contributed by atoms with E-state index in [1.54, 1.807) is 29.3 Å². The second kappa shape index (κ2) is 4.94. The lowest BCUT2D eigenvalue weighted by Gasteiger charge is -2.23. The molecule has 0 fully saturated rings. The fourth-order valence-electron chi connectivity index (χ4n) is 1.88. The Morgan fingerprint density at radius 2 is 1.58 bits per heavy atom. The number of rotatable bonds is 2. The molecule has 2 aromatic rings. The van der Waals surface area contributed by atoms with Gasteiger partial charge in [-0.25, -0.2) is 5.84 Å². The Balaban J connectivity index is 2.34. The number of hydrogen-bond donors (Lipinski definition) is 2. The van der Waals surface area contributed by atoms with Crippen molar-refractivity contribution >= 4 is 11.4 Å². The quantitative estimate of drug-likeness (QED) is 0.636. The van der Waals surface area contributed by atoms with Crippen LogP contribution in [-0.2, 0) is 5.41 Å². The molecule has 0 saturated carbocycles. The van der Waals surface area contributed by atoms with Gasteiger partial charge in [0.25, 0.3) is 0 Å². The van der Waals surface area contributed by atoms with E-state index in [9.17, 15) is 5.11 Å². The van der Waals surface area contributed by atoms with Crippen LogP contribution in [0.1, 0.15) is 26.3 Å². The van der Waals surface area contributed by atoms with Crippen LogP contribution in [0.2, 0.25) is 0 Å². The molecule has 0 radical (unpaired) electrons. The maximum Gasteiger partial charge on any atom is 0.115 e. The Labute approximate surface area is 114 Å². The fourth-order valence-corrected chi connectivity index (χ4v) is 1.88. The summed E-state index contributed by atoms with van der Waals surface area (Å²) in [5.74, 6) is 6.37. The van der Waals surface area contributed by atoms with Crippen LogP contribution in [0.3, 0.4) is 0 Å². The summed E-state index contributed by atoms with van der Waals surface area (Å²) in [5.41, 5.74) is 3.09. The smallest absolute Gasteiger partial charge is 0.115 e. The third-order valence-corrected chi connectivity index (χ3v) is 3.12. The number of anilines is 2. The molecule has 0 bridgehead atoms. The summed E-state index contributed by atoms with van der Waals surface area (Å²) in [5, 5.41) is 10.9. The highest BCUT2D eigenvalue weighted by Gasteiger charge is 2.15. The molecule has 19 heavy (non-hydrogen) atoms. The van der Waals surface area contributed by atoms with Crippen molar-refractivity contribution in [3.63, 3.8) is 0 Å². The first kappa shape index (κ1) is 13.4. The van der Waals surface area contributed by atoms with Gasteiger partial charge >= 0.3 is 0 Å². The van der Waals surface area contributed by atoms with E-state index >= 15 is 0 Å². The van der Waals surface area contributed by atoms with Crippen molar-refractivity contribution in [3.8, 4) is 5.75 Å². The summed E-state index contributed by atoms with van der Waals surface area (Å²) in [4.78, 5) is 0. The van der Waals surface area contributed by atoms with Crippen LogP contribution >= 0.6 is 0 Å². The molecule has 0 atom stereocenters. The molecule has 2 rings (SSSR count). The number of phenolic OH excluding ortho intramolecular Hbond substituents is 1. The Kier molecular flexibility index (Phi) is 3.49. The van der Waals surface area contributed by atoms with E-state index in [-0.39, 0.29) is 11.2 Å². The zero-order valence-corrected chi connectivity index (χ0v) is 11.6. The van der Waals surface area contributed by atoms with E-state index < -0.39 is 0 Å². The summed E-state index contributed by atoms with van der Waals surface area (Å²) in [6.07, 6.45) is 0. The average Bonchev–Trinajstić information content (AvgIpc) is 2.38. The zero-order valence-electron chi connectivity index (χ0n) is 11.6. The van der Waals surface area contributed by atoms with Crippen LogP contribution in [0.25, 0.3) is 0 Å². The van der Waals surface area contributed by atoms with Gasteiger partial charge in [-0.15, -0.1) is 0 Å². The van der Waals surface area contributed by atoms with Crippen molar-refractivity contribution < 1.29 is 5.11 Å². The highest BCUT2D eigenvalue weighted by molar-refractivity contribution is 5.63. The monoisotopic (exact) mass is 256 g/mol. The maximum absolute atomic E-state index is 9.30. The van der Waals surface area contributed by atoms with Gasteiger partial charge in [0.15, 0.2) is 0 Å². The Morgan fingerprint density at radius 3 is 2.16 bits per heavy atom. The minimum absolute atomic E-state index is 0.0891. The number of hydrazine groups is 1. The van der Waals surface area contributed by atoms with Gasteiger partial charge in [0.1, 0.15) is 5.75 Å². The number of benzene rings is 2. The summed E-state index contributed by atoms with van der Waals surface area (Å²) in [7, 11) is 0. The van der Waals surface area contributed by atoms with Crippen LogP contribution in [-0.4, -0.2) is 5.11 Å². The predicted octanol–water partition coefficient (Wildman–Crippen LogP) is 3.70. The van der Waals surface area contributed by atoms with Crippen LogP contribution in [0, 0.1) is 0 Å². The molecule has 0 aromatic heterocycles. The first-order chi connectivity index (χ1) is 8.88. The third-order valence-electron chi connectivity index (χ3n) is 3.12. The van der Waals surface area contributed by atoms with Crippen LogP contribution < -0.4 is 10.9 Å². The minimum atomic E-state index is 0.0891. The number of phenols is 1. The second-order valence-corrected chi connectivity index (χ2v) is 5.69. The Morgan fingerprint density at radius 1 is 0.947 bits per heavy atom. The van der Waals surface area contributed by atoms with Crippen LogP contribution in [0.4, 0.5) is 11.4 Å². The average molecular weight is 256 g/mol. The lowest BCUT2D eigenvalue weighted by atomic mass is 9.87. The highest BCUT2D eigenvalue weighted by Crippen LogP contribution is 2.29. The molecule has 0 heterocycles. The first-order valence-electron chi connectivity index (χ1n) is 6.32. The molecular weight excluding hydrogens is 236 g/mol. The normalized spacial score (nSPS) is 11.4. The van der Waals surface area contributed by atoms with Crippen molar-refractivity contribution in [1.82, 2.24) is 0 Å². The number of aromatic hydroxyl groups is 1. The third kappa shape index (κ3) is 3.06. The second-order valence-electron chi connectivity index (χ2n) is 5.69. The van der Waals surface area contributed by atoms with Gasteiger partial charge in [0, 0.05) is 0 Å². The van der Waals surface area contributed by atoms with E-state index in [1.807, 2.05) is 12.1 Å². The topological polar surface area (TPSA) is 49.5 Å². The SMILES string of the molecule is CC(C)(C)c1cccc(N(N)c2ccc(O)cc2)c1. The largest absolute Gasteiger partial charge is 0.508 e.